The summed E-state index contributed by atoms with van der Waals surface area (Å²) in [7, 11) is 3.82. The zero-order valence-electron chi connectivity index (χ0n) is 12.4. The fraction of sp³-hybridized carbons (Fsp3) is 0.467. The first kappa shape index (κ1) is 15.3. The van der Waals surface area contributed by atoms with E-state index in [0.29, 0.717) is 18.3 Å². The van der Waals surface area contributed by atoms with Gasteiger partial charge in [0.05, 0.1) is 5.56 Å². The molecule has 2 rings (SSSR count). The van der Waals surface area contributed by atoms with Gasteiger partial charge in [0.2, 0.25) is 0 Å². The first-order chi connectivity index (χ1) is 9.97. The molecule has 0 spiro atoms. The van der Waals surface area contributed by atoms with Crippen LogP contribution >= 0.6 is 0 Å². The minimum absolute atomic E-state index is 0.158. The van der Waals surface area contributed by atoms with Crippen LogP contribution < -0.4 is 5.32 Å². The molecule has 2 amide bonds. The van der Waals surface area contributed by atoms with Gasteiger partial charge in [0.1, 0.15) is 0 Å². The summed E-state index contributed by atoms with van der Waals surface area (Å²) in [4.78, 5) is 26.9. The molecule has 0 bridgehead atoms. The Morgan fingerprint density at radius 2 is 2.24 bits per heavy atom. The predicted octanol–water partition coefficient (Wildman–Crippen LogP) is 1.94. The number of nitrogens with one attached hydrogen (secondary N) is 1. The number of anilines is 1. The topological polar surface area (TPSA) is 72.9 Å². The molecule has 6 nitrogen and oxygen atoms in total. The SMILES string of the molecule is CN(CC1CCCN1C)C(=O)Nc1cccc(C(=O)O)c1. The third kappa shape index (κ3) is 3.95. The maximum Gasteiger partial charge on any atom is 0.335 e. The molecule has 1 aromatic carbocycles. The molecule has 1 heterocycles. The average molecular weight is 291 g/mol. The van der Waals surface area contributed by atoms with E-state index in [2.05, 4.69) is 17.3 Å². The zero-order valence-corrected chi connectivity index (χ0v) is 12.4. The lowest BCUT2D eigenvalue weighted by molar-refractivity contribution is 0.0697. The Morgan fingerprint density at radius 1 is 1.48 bits per heavy atom. The quantitative estimate of drug-likeness (QED) is 0.889. The molecule has 114 valence electrons. The molecule has 6 heteroatoms. The molecular weight excluding hydrogens is 270 g/mol. The fourth-order valence-electron chi connectivity index (χ4n) is 2.56. The first-order valence-corrected chi connectivity index (χ1v) is 7.03. The molecule has 0 radical (unpaired) electrons. The van der Waals surface area contributed by atoms with Crippen molar-refractivity contribution in [3.8, 4) is 0 Å². The van der Waals surface area contributed by atoms with E-state index in [-0.39, 0.29) is 11.6 Å². The van der Waals surface area contributed by atoms with Crippen molar-refractivity contribution in [2.24, 2.45) is 0 Å². The van der Waals surface area contributed by atoms with Crippen molar-refractivity contribution in [3.05, 3.63) is 29.8 Å². The van der Waals surface area contributed by atoms with Gasteiger partial charge in [0, 0.05) is 25.3 Å². The number of amides is 2. The van der Waals surface area contributed by atoms with E-state index >= 15 is 0 Å². The average Bonchev–Trinajstić information content (AvgIpc) is 2.84. The summed E-state index contributed by atoms with van der Waals surface area (Å²) in [5.41, 5.74) is 0.650. The van der Waals surface area contributed by atoms with Crippen molar-refractivity contribution in [2.75, 3.05) is 32.5 Å². The maximum atomic E-state index is 12.1. The Labute approximate surface area is 124 Å². The van der Waals surface area contributed by atoms with Crippen LogP contribution in [0.15, 0.2) is 24.3 Å². The highest BCUT2D eigenvalue weighted by Crippen LogP contribution is 2.16. The number of carboxylic acids is 1. The van der Waals surface area contributed by atoms with E-state index in [0.717, 1.165) is 19.4 Å². The Hall–Kier alpha value is -2.08. The van der Waals surface area contributed by atoms with Gasteiger partial charge < -0.3 is 20.2 Å². The van der Waals surface area contributed by atoms with E-state index in [1.165, 1.54) is 12.1 Å². The second kappa shape index (κ2) is 6.58. The number of benzene rings is 1. The normalized spacial score (nSPS) is 18.5. The minimum atomic E-state index is -1.01. The number of aromatic carboxylic acids is 1. The molecule has 1 aliphatic heterocycles. The summed E-state index contributed by atoms with van der Waals surface area (Å²) < 4.78 is 0. The van der Waals surface area contributed by atoms with E-state index < -0.39 is 5.97 Å². The summed E-state index contributed by atoms with van der Waals surface area (Å²) in [6, 6.07) is 6.42. The molecule has 0 aliphatic carbocycles. The molecule has 1 aromatic rings. The lowest BCUT2D eigenvalue weighted by atomic mass is 10.2. The van der Waals surface area contributed by atoms with Crippen LogP contribution in [0.4, 0.5) is 10.5 Å². The molecule has 21 heavy (non-hydrogen) atoms. The number of carbonyl (C=O) groups is 2. The van der Waals surface area contributed by atoms with Crippen LogP contribution in [0.25, 0.3) is 0 Å². The number of hydrogen-bond acceptors (Lipinski definition) is 3. The van der Waals surface area contributed by atoms with Gasteiger partial charge in [-0.05, 0) is 44.6 Å². The van der Waals surface area contributed by atoms with E-state index in [4.69, 9.17) is 5.11 Å². The fourth-order valence-corrected chi connectivity index (χ4v) is 2.56. The second-order valence-corrected chi connectivity index (χ2v) is 5.47. The molecule has 1 aliphatic rings. The number of likely N-dealkylation sites (N-methyl/N-ethyl adjacent to an activating group) is 2. The van der Waals surface area contributed by atoms with E-state index in [1.807, 2.05) is 0 Å². The van der Waals surface area contributed by atoms with Crippen LogP contribution in [-0.2, 0) is 0 Å². The Kier molecular flexibility index (Phi) is 4.80. The number of likely N-dealkylation sites (tertiary alicyclic amines) is 1. The molecule has 2 N–H and O–H groups in total. The van der Waals surface area contributed by atoms with Crippen LogP contribution in [-0.4, -0.2) is 60.1 Å². The van der Waals surface area contributed by atoms with Gasteiger partial charge in [-0.3, -0.25) is 0 Å². The zero-order chi connectivity index (χ0) is 15.4. The Bertz CT molecular complexity index is 533. The highest BCUT2D eigenvalue weighted by molar-refractivity contribution is 5.93. The van der Waals surface area contributed by atoms with Gasteiger partial charge in [0.15, 0.2) is 0 Å². The number of carboxylic acid groups (broad SMARTS) is 1. The van der Waals surface area contributed by atoms with Gasteiger partial charge in [0.25, 0.3) is 0 Å². The molecule has 1 saturated heterocycles. The van der Waals surface area contributed by atoms with Crippen molar-refractivity contribution in [1.82, 2.24) is 9.80 Å². The Balaban J connectivity index is 1.94. The van der Waals surface area contributed by atoms with Crippen molar-refractivity contribution >= 4 is 17.7 Å². The van der Waals surface area contributed by atoms with Gasteiger partial charge in [-0.2, -0.15) is 0 Å². The monoisotopic (exact) mass is 291 g/mol. The molecule has 1 fully saturated rings. The van der Waals surface area contributed by atoms with Crippen LogP contribution in [0.1, 0.15) is 23.2 Å². The van der Waals surface area contributed by atoms with Crippen LogP contribution in [0.5, 0.6) is 0 Å². The first-order valence-electron chi connectivity index (χ1n) is 7.03. The predicted molar refractivity (Wildman–Crippen MR) is 80.7 cm³/mol. The van der Waals surface area contributed by atoms with Crippen LogP contribution in [0.3, 0.4) is 0 Å². The van der Waals surface area contributed by atoms with Crippen molar-refractivity contribution in [2.45, 2.75) is 18.9 Å². The lowest BCUT2D eigenvalue weighted by Crippen LogP contribution is -2.41. The maximum absolute atomic E-state index is 12.1. The lowest BCUT2D eigenvalue weighted by Gasteiger charge is -2.26. The summed E-state index contributed by atoms with van der Waals surface area (Å²) in [5.74, 6) is -1.01. The molecule has 1 atom stereocenters. The smallest absolute Gasteiger partial charge is 0.335 e. The number of hydrogen-bond donors (Lipinski definition) is 2. The summed E-state index contributed by atoms with van der Waals surface area (Å²) >= 11 is 0. The van der Waals surface area contributed by atoms with Gasteiger partial charge in [-0.1, -0.05) is 6.07 Å². The molecular formula is C15H21N3O3. The van der Waals surface area contributed by atoms with Crippen molar-refractivity contribution < 1.29 is 14.7 Å². The number of urea groups is 1. The number of nitrogens with zero attached hydrogens (tertiary/aromatic N) is 2. The van der Waals surface area contributed by atoms with E-state index in [1.54, 1.807) is 24.1 Å². The molecule has 0 aromatic heterocycles. The molecule has 0 saturated carbocycles. The second-order valence-electron chi connectivity index (χ2n) is 5.47. The highest BCUT2D eigenvalue weighted by Gasteiger charge is 2.23. The number of rotatable bonds is 4. The van der Waals surface area contributed by atoms with E-state index in [9.17, 15) is 9.59 Å². The third-order valence-corrected chi connectivity index (χ3v) is 3.86. The van der Waals surface area contributed by atoms with Crippen LogP contribution in [0, 0.1) is 0 Å². The van der Waals surface area contributed by atoms with Gasteiger partial charge in [-0.25, -0.2) is 9.59 Å². The van der Waals surface area contributed by atoms with Gasteiger partial charge in [-0.15, -0.1) is 0 Å². The minimum Gasteiger partial charge on any atom is -0.478 e. The summed E-state index contributed by atoms with van der Waals surface area (Å²) in [6.45, 7) is 1.74. The summed E-state index contributed by atoms with van der Waals surface area (Å²) in [6.07, 6.45) is 2.26. The Morgan fingerprint density at radius 3 is 2.86 bits per heavy atom. The largest absolute Gasteiger partial charge is 0.478 e. The standard InChI is InChI=1S/C15H21N3O3/c1-17-8-4-7-13(17)10-18(2)15(21)16-12-6-3-5-11(9-12)14(19)20/h3,5-6,9,13H,4,7-8,10H2,1-2H3,(H,16,21)(H,19,20). The molecule has 1 unspecified atom stereocenters. The number of carbonyl (C=O) groups excluding carboxylic acids is 1. The van der Waals surface area contributed by atoms with Gasteiger partial charge >= 0.3 is 12.0 Å². The summed E-state index contributed by atoms with van der Waals surface area (Å²) in [5, 5.41) is 11.7. The third-order valence-electron chi connectivity index (χ3n) is 3.86. The van der Waals surface area contributed by atoms with Crippen molar-refractivity contribution in [3.63, 3.8) is 0 Å². The highest BCUT2D eigenvalue weighted by atomic mass is 16.4. The van der Waals surface area contributed by atoms with Crippen molar-refractivity contribution in [1.29, 1.82) is 0 Å². The van der Waals surface area contributed by atoms with Crippen LogP contribution in [0.2, 0.25) is 0 Å².